The van der Waals surface area contributed by atoms with Gasteiger partial charge in [0.2, 0.25) is 0 Å². The molecule has 8 aromatic rings. The molecule has 2 heteroatoms. The molecule has 0 aliphatic rings. The summed E-state index contributed by atoms with van der Waals surface area (Å²) in [6.07, 6.45) is 8.49. The standard InChI is InChI=1S/C40H26O2/c1-3-7-27(8-4-1)11-13-29-15-19-33-35-21-17-31(25-39(35)41-37(33)23-29)32-18-22-36-34-20-16-30(24-38(34)42-40(36)26-32)14-12-28-9-5-2-6-10-28/h1-26H/b13-11+,14-12+. The van der Waals surface area contributed by atoms with Crippen molar-refractivity contribution in [1.29, 1.82) is 0 Å². The molecule has 0 amide bonds. The van der Waals surface area contributed by atoms with Crippen molar-refractivity contribution in [3.8, 4) is 11.1 Å². The molecule has 8 rings (SSSR count). The third kappa shape index (κ3) is 4.49. The van der Waals surface area contributed by atoms with Gasteiger partial charge in [0.25, 0.3) is 0 Å². The summed E-state index contributed by atoms with van der Waals surface area (Å²) in [6, 6.07) is 46.4. The van der Waals surface area contributed by atoms with Crippen LogP contribution in [0.15, 0.2) is 142 Å². The lowest BCUT2D eigenvalue weighted by molar-refractivity contribution is 0.668. The zero-order chi connectivity index (χ0) is 27.9. The Morgan fingerprint density at radius 1 is 0.310 bits per heavy atom. The molecule has 0 saturated carbocycles. The molecule has 0 N–H and O–H groups in total. The molecule has 6 aromatic carbocycles. The molecule has 2 nitrogen and oxygen atoms in total. The van der Waals surface area contributed by atoms with Gasteiger partial charge < -0.3 is 8.83 Å². The van der Waals surface area contributed by atoms with Crippen LogP contribution in [0.1, 0.15) is 22.3 Å². The quantitative estimate of drug-likeness (QED) is 0.204. The zero-order valence-electron chi connectivity index (χ0n) is 22.8. The summed E-state index contributed by atoms with van der Waals surface area (Å²) in [5.74, 6) is 0. The molecular weight excluding hydrogens is 512 g/mol. The maximum absolute atomic E-state index is 6.35. The summed E-state index contributed by atoms with van der Waals surface area (Å²) in [5.41, 5.74) is 10.3. The van der Waals surface area contributed by atoms with Crippen LogP contribution in [0.3, 0.4) is 0 Å². The SMILES string of the molecule is C(=C\c1ccc2c(c1)oc1cc(-c3ccc4c(c3)oc3cc(/C=C/c5ccccc5)ccc34)ccc12)/c1ccccc1. The molecule has 0 saturated heterocycles. The van der Waals surface area contributed by atoms with Crippen molar-refractivity contribution in [2.75, 3.05) is 0 Å². The van der Waals surface area contributed by atoms with Gasteiger partial charge in [-0.3, -0.25) is 0 Å². The molecule has 2 heterocycles. The van der Waals surface area contributed by atoms with Gasteiger partial charge in [-0.25, -0.2) is 0 Å². The Kier molecular flexibility index (Phi) is 5.82. The normalized spacial score (nSPS) is 12.1. The van der Waals surface area contributed by atoms with Crippen LogP contribution in [0.4, 0.5) is 0 Å². The average molecular weight is 539 g/mol. The van der Waals surface area contributed by atoms with Crippen LogP contribution in [-0.2, 0) is 0 Å². The Morgan fingerprint density at radius 3 is 1.10 bits per heavy atom. The van der Waals surface area contributed by atoms with E-state index in [1.165, 1.54) is 11.1 Å². The number of benzene rings is 6. The van der Waals surface area contributed by atoms with E-state index in [0.29, 0.717) is 0 Å². The van der Waals surface area contributed by atoms with Gasteiger partial charge in [0.1, 0.15) is 22.3 Å². The minimum absolute atomic E-state index is 0.881. The molecule has 0 spiro atoms. The largest absolute Gasteiger partial charge is 0.456 e. The van der Waals surface area contributed by atoms with Gasteiger partial charge in [0, 0.05) is 21.5 Å². The highest BCUT2D eigenvalue weighted by Crippen LogP contribution is 2.36. The van der Waals surface area contributed by atoms with Crippen molar-refractivity contribution in [3.63, 3.8) is 0 Å². The number of furan rings is 2. The molecule has 0 unspecified atom stereocenters. The first-order valence-corrected chi connectivity index (χ1v) is 14.2. The first-order valence-electron chi connectivity index (χ1n) is 14.2. The van der Waals surface area contributed by atoms with Gasteiger partial charge in [-0.15, -0.1) is 0 Å². The number of hydrogen-bond acceptors (Lipinski definition) is 2. The van der Waals surface area contributed by atoms with Crippen molar-refractivity contribution >= 4 is 68.2 Å². The third-order valence-corrected chi connectivity index (χ3v) is 7.86. The Hall–Kier alpha value is -5.60. The molecule has 2 aromatic heterocycles. The molecule has 0 bridgehead atoms. The molecule has 0 atom stereocenters. The van der Waals surface area contributed by atoms with Crippen LogP contribution in [-0.4, -0.2) is 0 Å². The van der Waals surface area contributed by atoms with E-state index in [-0.39, 0.29) is 0 Å². The smallest absolute Gasteiger partial charge is 0.136 e. The Labute approximate surface area is 243 Å². The maximum atomic E-state index is 6.35. The van der Waals surface area contributed by atoms with Crippen LogP contribution in [0.5, 0.6) is 0 Å². The van der Waals surface area contributed by atoms with Gasteiger partial charge in [0.15, 0.2) is 0 Å². The molecule has 42 heavy (non-hydrogen) atoms. The van der Waals surface area contributed by atoms with Gasteiger partial charge in [-0.2, -0.15) is 0 Å². The van der Waals surface area contributed by atoms with Gasteiger partial charge in [-0.05, 0) is 81.9 Å². The lowest BCUT2D eigenvalue weighted by Crippen LogP contribution is -1.78. The summed E-state index contributed by atoms with van der Waals surface area (Å²) in [5, 5.41) is 4.48. The molecular formula is C40H26O2. The van der Waals surface area contributed by atoms with Crippen LogP contribution < -0.4 is 0 Å². The summed E-state index contributed by atoms with van der Waals surface area (Å²) >= 11 is 0. The predicted octanol–water partition coefficient (Wildman–Crippen LogP) is 11.5. The first-order chi connectivity index (χ1) is 20.8. The molecule has 0 fully saturated rings. The third-order valence-electron chi connectivity index (χ3n) is 7.86. The lowest BCUT2D eigenvalue weighted by Gasteiger charge is -2.02. The van der Waals surface area contributed by atoms with E-state index in [4.69, 9.17) is 8.83 Å². The van der Waals surface area contributed by atoms with E-state index in [9.17, 15) is 0 Å². The Balaban J connectivity index is 1.11. The molecule has 0 aliphatic carbocycles. The second-order valence-electron chi connectivity index (χ2n) is 10.6. The van der Waals surface area contributed by atoms with E-state index in [1.807, 2.05) is 36.4 Å². The molecule has 198 valence electrons. The monoisotopic (exact) mass is 538 g/mol. The first kappa shape index (κ1) is 24.2. The fourth-order valence-corrected chi connectivity index (χ4v) is 5.67. The number of hydrogen-bond donors (Lipinski definition) is 0. The fraction of sp³-hybridized carbons (Fsp3) is 0. The van der Waals surface area contributed by atoms with Crippen molar-refractivity contribution in [1.82, 2.24) is 0 Å². The maximum Gasteiger partial charge on any atom is 0.136 e. The van der Waals surface area contributed by atoms with E-state index >= 15 is 0 Å². The Morgan fingerprint density at radius 2 is 0.667 bits per heavy atom. The van der Waals surface area contributed by atoms with Crippen LogP contribution in [0, 0.1) is 0 Å². The van der Waals surface area contributed by atoms with Gasteiger partial charge in [0.05, 0.1) is 0 Å². The average Bonchev–Trinajstić information content (AvgIpc) is 3.60. The predicted molar refractivity (Wildman–Crippen MR) is 177 cm³/mol. The summed E-state index contributed by atoms with van der Waals surface area (Å²) in [7, 11) is 0. The number of rotatable bonds is 5. The summed E-state index contributed by atoms with van der Waals surface area (Å²) in [4.78, 5) is 0. The van der Waals surface area contributed by atoms with Crippen molar-refractivity contribution in [2.45, 2.75) is 0 Å². The number of fused-ring (bicyclic) bond motifs is 6. The van der Waals surface area contributed by atoms with Gasteiger partial charge in [-0.1, -0.05) is 109 Å². The van der Waals surface area contributed by atoms with Crippen molar-refractivity contribution < 1.29 is 8.83 Å². The second-order valence-corrected chi connectivity index (χ2v) is 10.6. The van der Waals surface area contributed by atoms with E-state index < -0.39 is 0 Å². The van der Waals surface area contributed by atoms with Gasteiger partial charge >= 0.3 is 0 Å². The minimum Gasteiger partial charge on any atom is -0.456 e. The fourth-order valence-electron chi connectivity index (χ4n) is 5.67. The van der Waals surface area contributed by atoms with E-state index in [1.54, 1.807) is 0 Å². The Bertz CT molecular complexity index is 2110. The highest BCUT2D eigenvalue weighted by atomic mass is 16.3. The van der Waals surface area contributed by atoms with Crippen LogP contribution in [0.2, 0.25) is 0 Å². The second kappa shape index (κ2) is 10.1. The van der Waals surface area contributed by atoms with Crippen molar-refractivity contribution in [2.24, 2.45) is 0 Å². The highest BCUT2D eigenvalue weighted by molar-refractivity contribution is 6.08. The summed E-state index contributed by atoms with van der Waals surface area (Å²) in [6.45, 7) is 0. The summed E-state index contributed by atoms with van der Waals surface area (Å²) < 4.78 is 12.7. The lowest BCUT2D eigenvalue weighted by atomic mass is 10.0. The minimum atomic E-state index is 0.881. The van der Waals surface area contributed by atoms with Crippen molar-refractivity contribution in [3.05, 3.63) is 156 Å². The molecule has 0 aliphatic heterocycles. The van der Waals surface area contributed by atoms with Crippen LogP contribution in [0.25, 0.3) is 79.3 Å². The van der Waals surface area contributed by atoms with Crippen LogP contribution >= 0.6 is 0 Å². The zero-order valence-corrected chi connectivity index (χ0v) is 22.8. The van der Waals surface area contributed by atoms with E-state index in [2.05, 4.69) is 121 Å². The highest BCUT2D eigenvalue weighted by Gasteiger charge is 2.12. The topological polar surface area (TPSA) is 26.3 Å². The van der Waals surface area contributed by atoms with E-state index in [0.717, 1.165) is 66.1 Å². The molecule has 0 radical (unpaired) electrons.